The highest BCUT2D eigenvalue weighted by molar-refractivity contribution is 7.16. The molecule has 1 aliphatic heterocycles. The first kappa shape index (κ1) is 12.9. The Kier molecular flexibility index (Phi) is 3.31. The molecule has 0 fully saturated rings. The van der Waals surface area contributed by atoms with Crippen molar-refractivity contribution in [3.8, 4) is 5.75 Å². The second-order valence-corrected chi connectivity index (χ2v) is 5.59. The molecule has 0 saturated carbocycles. The number of benzene rings is 1. The third kappa shape index (κ3) is 2.22. The SMILES string of the molecule is CNc1nc2c(s1)[C@H](c1cccc(OC)c1)CC(=O)N2. The summed E-state index contributed by atoms with van der Waals surface area (Å²) in [4.78, 5) is 17.3. The van der Waals surface area contributed by atoms with Gasteiger partial charge in [-0.15, -0.1) is 0 Å². The molecule has 3 rings (SSSR count). The van der Waals surface area contributed by atoms with E-state index < -0.39 is 0 Å². The number of thiazole rings is 1. The maximum atomic E-state index is 11.9. The van der Waals surface area contributed by atoms with Crippen molar-refractivity contribution in [1.82, 2.24) is 4.98 Å². The Morgan fingerprint density at radius 2 is 2.35 bits per heavy atom. The normalized spacial score (nSPS) is 17.3. The molecule has 0 spiro atoms. The fraction of sp³-hybridized carbons (Fsp3) is 0.286. The van der Waals surface area contributed by atoms with Crippen molar-refractivity contribution in [2.75, 3.05) is 24.8 Å². The largest absolute Gasteiger partial charge is 0.497 e. The Morgan fingerprint density at radius 1 is 1.50 bits per heavy atom. The number of hydrogen-bond acceptors (Lipinski definition) is 5. The minimum absolute atomic E-state index is 0.00160. The highest BCUT2D eigenvalue weighted by Gasteiger charge is 2.30. The van der Waals surface area contributed by atoms with Crippen molar-refractivity contribution in [3.63, 3.8) is 0 Å². The summed E-state index contributed by atoms with van der Waals surface area (Å²) in [6.07, 6.45) is 0.436. The summed E-state index contributed by atoms with van der Waals surface area (Å²) in [6, 6.07) is 7.85. The summed E-state index contributed by atoms with van der Waals surface area (Å²) in [5, 5.41) is 6.67. The topological polar surface area (TPSA) is 63.3 Å². The van der Waals surface area contributed by atoms with E-state index >= 15 is 0 Å². The van der Waals surface area contributed by atoms with Crippen LogP contribution in [0.15, 0.2) is 24.3 Å². The van der Waals surface area contributed by atoms with Gasteiger partial charge in [0.1, 0.15) is 11.6 Å². The Labute approximate surface area is 121 Å². The number of carbonyl (C=O) groups is 1. The van der Waals surface area contributed by atoms with E-state index in [1.54, 1.807) is 18.4 Å². The number of anilines is 2. The van der Waals surface area contributed by atoms with E-state index in [-0.39, 0.29) is 11.8 Å². The van der Waals surface area contributed by atoms with Crippen molar-refractivity contribution in [3.05, 3.63) is 34.7 Å². The van der Waals surface area contributed by atoms with Crippen LogP contribution in [0.1, 0.15) is 22.8 Å². The van der Waals surface area contributed by atoms with Crippen molar-refractivity contribution >= 4 is 28.2 Å². The quantitative estimate of drug-likeness (QED) is 0.912. The third-order valence-electron chi connectivity index (χ3n) is 3.33. The van der Waals surface area contributed by atoms with Crippen LogP contribution in [-0.2, 0) is 4.79 Å². The first-order valence-electron chi connectivity index (χ1n) is 6.33. The Bertz CT molecular complexity index is 654. The zero-order valence-electron chi connectivity index (χ0n) is 11.3. The highest BCUT2D eigenvalue weighted by Crippen LogP contribution is 2.42. The average molecular weight is 289 g/mol. The van der Waals surface area contributed by atoms with Crippen LogP contribution in [0.25, 0.3) is 0 Å². The van der Waals surface area contributed by atoms with Crippen molar-refractivity contribution in [2.45, 2.75) is 12.3 Å². The molecule has 104 valence electrons. The third-order valence-corrected chi connectivity index (χ3v) is 4.51. The first-order chi connectivity index (χ1) is 9.71. The molecule has 0 aliphatic carbocycles. The van der Waals surface area contributed by atoms with Crippen molar-refractivity contribution in [2.24, 2.45) is 0 Å². The van der Waals surface area contributed by atoms with Gasteiger partial charge in [0.15, 0.2) is 5.13 Å². The van der Waals surface area contributed by atoms with Crippen LogP contribution in [0, 0.1) is 0 Å². The Balaban J connectivity index is 2.05. The molecule has 1 aromatic carbocycles. The lowest BCUT2D eigenvalue weighted by Gasteiger charge is -2.21. The Morgan fingerprint density at radius 3 is 3.10 bits per heavy atom. The number of nitrogens with zero attached hydrogens (tertiary/aromatic N) is 1. The van der Waals surface area contributed by atoms with E-state index in [0.717, 1.165) is 21.3 Å². The molecule has 2 heterocycles. The predicted octanol–water partition coefficient (Wildman–Crippen LogP) is 2.67. The fourth-order valence-corrected chi connectivity index (χ4v) is 3.36. The van der Waals surface area contributed by atoms with E-state index in [9.17, 15) is 4.79 Å². The van der Waals surface area contributed by atoms with Gasteiger partial charge in [-0.1, -0.05) is 23.5 Å². The van der Waals surface area contributed by atoms with Gasteiger partial charge >= 0.3 is 0 Å². The lowest BCUT2D eigenvalue weighted by Crippen LogP contribution is -2.22. The van der Waals surface area contributed by atoms with Gasteiger partial charge in [-0.2, -0.15) is 0 Å². The van der Waals surface area contributed by atoms with Gasteiger partial charge in [-0.3, -0.25) is 4.79 Å². The molecule has 0 bridgehead atoms. The number of aromatic nitrogens is 1. The maximum Gasteiger partial charge on any atom is 0.226 e. The summed E-state index contributed by atoms with van der Waals surface area (Å²) in [6.45, 7) is 0. The Hall–Kier alpha value is -2.08. The molecular formula is C14H15N3O2S. The molecule has 2 aromatic rings. The number of carbonyl (C=O) groups excluding carboxylic acids is 1. The number of rotatable bonds is 3. The van der Waals surface area contributed by atoms with Crippen molar-refractivity contribution in [1.29, 1.82) is 0 Å². The summed E-state index contributed by atoms with van der Waals surface area (Å²) in [7, 11) is 3.47. The van der Waals surface area contributed by atoms with Gasteiger partial charge in [0.05, 0.1) is 12.0 Å². The number of amides is 1. The summed E-state index contributed by atoms with van der Waals surface area (Å²) < 4.78 is 5.26. The molecule has 2 N–H and O–H groups in total. The fourth-order valence-electron chi connectivity index (χ4n) is 2.35. The lowest BCUT2D eigenvalue weighted by atomic mass is 9.91. The van der Waals surface area contributed by atoms with Gasteiger partial charge < -0.3 is 15.4 Å². The van der Waals surface area contributed by atoms with Crippen LogP contribution in [0.2, 0.25) is 0 Å². The van der Waals surface area contributed by atoms with E-state index in [1.165, 1.54) is 0 Å². The summed E-state index contributed by atoms with van der Waals surface area (Å²) in [5.41, 5.74) is 1.08. The number of hydrogen-bond donors (Lipinski definition) is 2. The molecule has 5 nitrogen and oxygen atoms in total. The second-order valence-electron chi connectivity index (χ2n) is 4.56. The molecule has 1 aliphatic rings. The van der Waals surface area contributed by atoms with Gasteiger partial charge in [0.25, 0.3) is 0 Å². The van der Waals surface area contributed by atoms with E-state index in [4.69, 9.17) is 4.74 Å². The zero-order chi connectivity index (χ0) is 14.1. The average Bonchev–Trinajstić information content (AvgIpc) is 2.89. The molecule has 0 radical (unpaired) electrons. The van der Waals surface area contributed by atoms with E-state index in [2.05, 4.69) is 15.6 Å². The van der Waals surface area contributed by atoms with Crippen LogP contribution in [-0.4, -0.2) is 25.0 Å². The molecular weight excluding hydrogens is 274 g/mol. The van der Waals surface area contributed by atoms with E-state index in [0.29, 0.717) is 12.2 Å². The zero-order valence-corrected chi connectivity index (χ0v) is 12.1. The molecule has 1 atom stereocenters. The van der Waals surface area contributed by atoms with Crippen LogP contribution in [0.3, 0.4) is 0 Å². The number of fused-ring (bicyclic) bond motifs is 1. The first-order valence-corrected chi connectivity index (χ1v) is 7.15. The molecule has 20 heavy (non-hydrogen) atoms. The van der Waals surface area contributed by atoms with Crippen LogP contribution < -0.4 is 15.4 Å². The second kappa shape index (κ2) is 5.13. The minimum atomic E-state index is -0.00160. The molecule has 0 unspecified atom stereocenters. The monoisotopic (exact) mass is 289 g/mol. The van der Waals surface area contributed by atoms with Gasteiger partial charge in [0, 0.05) is 19.4 Å². The van der Waals surface area contributed by atoms with Gasteiger partial charge in [-0.05, 0) is 17.7 Å². The van der Waals surface area contributed by atoms with Crippen molar-refractivity contribution < 1.29 is 9.53 Å². The molecule has 1 aromatic heterocycles. The van der Waals surface area contributed by atoms with Gasteiger partial charge in [-0.25, -0.2) is 4.98 Å². The minimum Gasteiger partial charge on any atom is -0.497 e. The number of nitrogens with one attached hydrogen (secondary N) is 2. The van der Waals surface area contributed by atoms with Crippen LogP contribution in [0.4, 0.5) is 10.9 Å². The smallest absolute Gasteiger partial charge is 0.226 e. The van der Waals surface area contributed by atoms with Crippen LogP contribution >= 0.6 is 11.3 Å². The standard InChI is InChI=1S/C14H15N3O2S/c1-15-14-17-13-12(20-14)10(7-11(18)16-13)8-4-3-5-9(6-8)19-2/h3-6,10H,7H2,1-2H3,(H,15,17)(H,16,18)/t10-/m0/s1. The summed E-state index contributed by atoms with van der Waals surface area (Å²) >= 11 is 1.58. The van der Waals surface area contributed by atoms with Gasteiger partial charge in [0.2, 0.25) is 5.91 Å². The number of methoxy groups -OCH3 is 1. The molecule has 1 amide bonds. The highest BCUT2D eigenvalue weighted by atomic mass is 32.1. The van der Waals surface area contributed by atoms with Crippen LogP contribution in [0.5, 0.6) is 5.75 Å². The maximum absolute atomic E-state index is 11.9. The van der Waals surface area contributed by atoms with E-state index in [1.807, 2.05) is 31.3 Å². The number of ether oxygens (including phenoxy) is 1. The lowest BCUT2D eigenvalue weighted by molar-refractivity contribution is -0.116. The molecule has 6 heteroatoms. The summed E-state index contributed by atoms with van der Waals surface area (Å²) in [5.74, 6) is 1.50. The molecule has 0 saturated heterocycles. The predicted molar refractivity (Wildman–Crippen MR) is 79.7 cm³/mol.